The Balaban J connectivity index is 1.69. The zero-order valence-corrected chi connectivity index (χ0v) is 14.9. The first-order valence-corrected chi connectivity index (χ1v) is 8.69. The van der Waals surface area contributed by atoms with Gasteiger partial charge in [-0.05, 0) is 31.3 Å². The van der Waals surface area contributed by atoms with Crippen molar-refractivity contribution < 1.29 is 13.9 Å². The maximum atomic E-state index is 14.3. The number of pyridine rings is 1. The average molecular weight is 369 g/mol. The Labute approximate surface area is 155 Å². The Kier molecular flexibility index (Phi) is 4.41. The van der Waals surface area contributed by atoms with Crippen molar-refractivity contribution in [1.29, 1.82) is 0 Å². The number of fused-ring (bicyclic) bond motifs is 1. The van der Waals surface area contributed by atoms with Gasteiger partial charge in [0.2, 0.25) is 5.91 Å². The van der Waals surface area contributed by atoms with E-state index in [4.69, 9.17) is 10.5 Å². The minimum Gasteiger partial charge on any atom is -0.452 e. The number of amides is 1. The van der Waals surface area contributed by atoms with Crippen molar-refractivity contribution in [2.24, 2.45) is 5.73 Å². The van der Waals surface area contributed by atoms with Gasteiger partial charge in [0.1, 0.15) is 5.52 Å². The van der Waals surface area contributed by atoms with Crippen LogP contribution in [0.4, 0.5) is 10.1 Å². The van der Waals surface area contributed by atoms with E-state index in [1.165, 1.54) is 12.1 Å². The SMILES string of the molecule is CN1CCN(c2cc(Oc3ccc(C(N)=O)cc3F)c3ccnn3c2)CC1. The van der Waals surface area contributed by atoms with Gasteiger partial charge in [-0.3, -0.25) is 4.79 Å². The van der Waals surface area contributed by atoms with Gasteiger partial charge < -0.3 is 20.3 Å². The van der Waals surface area contributed by atoms with Gasteiger partial charge in [-0.15, -0.1) is 0 Å². The molecule has 3 heterocycles. The number of hydrogen-bond donors (Lipinski definition) is 1. The standard InChI is InChI=1S/C19H20FN5O2/c1-23-6-8-24(9-7-23)14-11-18(16-4-5-22-25(16)12-14)27-17-3-2-13(19(21)26)10-15(17)20/h2-5,10-12H,6-9H2,1H3,(H2,21,26). The van der Waals surface area contributed by atoms with Crippen molar-refractivity contribution in [2.45, 2.75) is 0 Å². The minimum atomic E-state index is -0.685. The van der Waals surface area contributed by atoms with E-state index in [1.807, 2.05) is 12.3 Å². The number of benzene rings is 1. The third-order valence-corrected chi connectivity index (χ3v) is 4.76. The first kappa shape index (κ1) is 17.3. The highest BCUT2D eigenvalue weighted by molar-refractivity contribution is 5.92. The van der Waals surface area contributed by atoms with Crippen molar-refractivity contribution in [1.82, 2.24) is 14.5 Å². The third-order valence-electron chi connectivity index (χ3n) is 4.76. The van der Waals surface area contributed by atoms with Crippen LogP contribution in [0, 0.1) is 5.82 Å². The van der Waals surface area contributed by atoms with Gasteiger partial charge in [0, 0.05) is 37.8 Å². The summed E-state index contributed by atoms with van der Waals surface area (Å²) in [6.07, 6.45) is 3.61. The molecule has 8 heteroatoms. The third kappa shape index (κ3) is 3.43. The van der Waals surface area contributed by atoms with Crippen LogP contribution in [0.15, 0.2) is 42.7 Å². The molecule has 1 aliphatic rings. The second kappa shape index (κ2) is 6.88. The number of carbonyl (C=O) groups excluding carboxylic acids is 1. The number of carbonyl (C=O) groups is 1. The van der Waals surface area contributed by atoms with Gasteiger partial charge in [0.25, 0.3) is 0 Å². The maximum Gasteiger partial charge on any atom is 0.248 e. The first-order valence-electron chi connectivity index (χ1n) is 8.69. The number of rotatable bonds is 4. The van der Waals surface area contributed by atoms with Crippen LogP contribution >= 0.6 is 0 Å². The van der Waals surface area contributed by atoms with Crippen LogP contribution in [0.5, 0.6) is 11.5 Å². The molecule has 0 radical (unpaired) electrons. The molecule has 140 valence electrons. The predicted molar refractivity (Wildman–Crippen MR) is 99.9 cm³/mol. The fourth-order valence-corrected chi connectivity index (χ4v) is 3.16. The van der Waals surface area contributed by atoms with E-state index >= 15 is 0 Å². The van der Waals surface area contributed by atoms with E-state index < -0.39 is 11.7 Å². The van der Waals surface area contributed by atoms with Crippen LogP contribution in [0.25, 0.3) is 5.52 Å². The van der Waals surface area contributed by atoms with Gasteiger partial charge in [0.15, 0.2) is 17.3 Å². The van der Waals surface area contributed by atoms with Crippen molar-refractivity contribution >= 4 is 17.1 Å². The quantitative estimate of drug-likeness (QED) is 0.762. The molecule has 0 unspecified atom stereocenters. The summed E-state index contributed by atoms with van der Waals surface area (Å²) in [6.45, 7) is 3.72. The molecule has 2 N–H and O–H groups in total. The number of anilines is 1. The lowest BCUT2D eigenvalue weighted by molar-refractivity contribution is 0.1000. The van der Waals surface area contributed by atoms with Crippen LogP contribution in [-0.2, 0) is 0 Å². The molecule has 1 aromatic carbocycles. The number of hydrogen-bond acceptors (Lipinski definition) is 5. The number of piperazine rings is 1. The summed E-state index contributed by atoms with van der Waals surface area (Å²) in [5.74, 6) is -0.807. The van der Waals surface area contributed by atoms with Gasteiger partial charge in [-0.25, -0.2) is 8.91 Å². The Morgan fingerprint density at radius 1 is 1.15 bits per heavy atom. The summed E-state index contributed by atoms with van der Waals surface area (Å²) in [4.78, 5) is 15.7. The highest BCUT2D eigenvalue weighted by Gasteiger charge is 2.18. The van der Waals surface area contributed by atoms with Crippen LogP contribution in [0.1, 0.15) is 10.4 Å². The molecule has 0 saturated carbocycles. The fourth-order valence-electron chi connectivity index (χ4n) is 3.16. The van der Waals surface area contributed by atoms with E-state index in [9.17, 15) is 9.18 Å². The molecule has 1 saturated heterocycles. The molecule has 0 aliphatic carbocycles. The number of nitrogens with zero attached hydrogens (tertiary/aromatic N) is 4. The zero-order valence-electron chi connectivity index (χ0n) is 14.9. The van der Waals surface area contributed by atoms with Crippen molar-refractivity contribution in [2.75, 3.05) is 38.1 Å². The summed E-state index contributed by atoms with van der Waals surface area (Å²) < 4.78 is 21.9. The summed E-state index contributed by atoms with van der Waals surface area (Å²) in [5.41, 5.74) is 6.98. The summed E-state index contributed by atoms with van der Waals surface area (Å²) in [6, 6.07) is 7.63. The Hall–Kier alpha value is -3.13. The molecule has 0 atom stereocenters. The van der Waals surface area contributed by atoms with Crippen LogP contribution in [0.2, 0.25) is 0 Å². The molecule has 3 aromatic rings. The number of primary amides is 1. The lowest BCUT2D eigenvalue weighted by atomic mass is 10.2. The monoisotopic (exact) mass is 369 g/mol. The summed E-state index contributed by atoms with van der Waals surface area (Å²) in [7, 11) is 2.10. The van der Waals surface area contributed by atoms with Gasteiger partial charge in [-0.2, -0.15) is 5.10 Å². The summed E-state index contributed by atoms with van der Waals surface area (Å²) >= 11 is 0. The molecule has 0 spiro atoms. The number of nitrogens with two attached hydrogens (primary N) is 1. The van der Waals surface area contributed by atoms with Crippen molar-refractivity contribution in [3.63, 3.8) is 0 Å². The molecule has 0 bridgehead atoms. The largest absolute Gasteiger partial charge is 0.452 e. The minimum absolute atomic E-state index is 0.0265. The fraction of sp³-hybridized carbons (Fsp3) is 0.263. The van der Waals surface area contributed by atoms with E-state index in [1.54, 1.807) is 16.8 Å². The topological polar surface area (TPSA) is 76.1 Å². The van der Waals surface area contributed by atoms with Crippen LogP contribution < -0.4 is 15.4 Å². The van der Waals surface area contributed by atoms with Gasteiger partial charge in [0.05, 0.1) is 18.1 Å². The molecule has 1 aliphatic heterocycles. The zero-order chi connectivity index (χ0) is 19.0. The predicted octanol–water partition coefficient (Wildman–Crippen LogP) is 2.12. The molecule has 1 fully saturated rings. The number of halogens is 1. The first-order chi connectivity index (χ1) is 13.0. The molecule has 2 aromatic heterocycles. The van der Waals surface area contributed by atoms with E-state index in [0.29, 0.717) is 5.75 Å². The number of aromatic nitrogens is 2. The van der Waals surface area contributed by atoms with Crippen LogP contribution in [0.3, 0.4) is 0 Å². The maximum absolute atomic E-state index is 14.3. The molecule has 7 nitrogen and oxygen atoms in total. The lowest BCUT2D eigenvalue weighted by Gasteiger charge is -2.34. The van der Waals surface area contributed by atoms with E-state index in [0.717, 1.165) is 43.4 Å². The number of ether oxygens (including phenoxy) is 1. The van der Waals surface area contributed by atoms with Crippen LogP contribution in [-0.4, -0.2) is 53.6 Å². The van der Waals surface area contributed by atoms with Gasteiger partial charge >= 0.3 is 0 Å². The summed E-state index contributed by atoms with van der Waals surface area (Å²) in [5, 5.41) is 4.30. The highest BCUT2D eigenvalue weighted by atomic mass is 19.1. The lowest BCUT2D eigenvalue weighted by Crippen LogP contribution is -2.44. The van der Waals surface area contributed by atoms with E-state index in [2.05, 4.69) is 21.9 Å². The smallest absolute Gasteiger partial charge is 0.248 e. The second-order valence-electron chi connectivity index (χ2n) is 6.63. The highest BCUT2D eigenvalue weighted by Crippen LogP contribution is 2.32. The molecule has 1 amide bonds. The normalized spacial score (nSPS) is 15.3. The van der Waals surface area contributed by atoms with Crippen molar-refractivity contribution in [3.05, 3.63) is 54.1 Å². The Morgan fingerprint density at radius 3 is 2.63 bits per heavy atom. The molecule has 4 rings (SSSR count). The molecular formula is C19H20FN5O2. The van der Waals surface area contributed by atoms with E-state index in [-0.39, 0.29) is 11.3 Å². The van der Waals surface area contributed by atoms with Crippen molar-refractivity contribution in [3.8, 4) is 11.5 Å². The molecule has 27 heavy (non-hydrogen) atoms. The number of likely N-dealkylation sites (N-methyl/N-ethyl adjacent to an activating group) is 1. The average Bonchev–Trinajstić information content (AvgIpc) is 3.12. The Bertz CT molecular complexity index is 995. The Morgan fingerprint density at radius 2 is 1.93 bits per heavy atom. The molecular weight excluding hydrogens is 349 g/mol. The second-order valence-corrected chi connectivity index (χ2v) is 6.63. The van der Waals surface area contributed by atoms with Gasteiger partial charge in [-0.1, -0.05) is 0 Å².